The fourth-order valence-corrected chi connectivity index (χ4v) is 2.44. The van der Waals surface area contributed by atoms with Crippen LogP contribution in [0.25, 0.3) is 0 Å². The second-order valence-corrected chi connectivity index (χ2v) is 6.47. The number of anilines is 1. The molecule has 0 saturated heterocycles. The molecule has 0 atom stereocenters. The van der Waals surface area contributed by atoms with Gasteiger partial charge in [-0.3, -0.25) is 9.36 Å². The van der Waals surface area contributed by atoms with Crippen molar-refractivity contribution in [2.75, 3.05) is 24.3 Å². The molecule has 0 aromatic carbocycles. The summed E-state index contributed by atoms with van der Waals surface area (Å²) in [6, 6.07) is 0. The highest BCUT2D eigenvalue weighted by molar-refractivity contribution is 7.99. The lowest BCUT2D eigenvalue weighted by Crippen LogP contribution is -2.24. The number of nitrogens with two attached hydrogens (primary N) is 1. The summed E-state index contributed by atoms with van der Waals surface area (Å²) in [7, 11) is -3.21. The monoisotopic (exact) mass is 309 g/mol. The number of nitrogens with zero attached hydrogens (tertiary/aromatic N) is 3. The van der Waals surface area contributed by atoms with Crippen LogP contribution in [-0.4, -0.2) is 52.8 Å². The van der Waals surface area contributed by atoms with Crippen molar-refractivity contribution in [3.63, 3.8) is 0 Å². The second-order valence-electron chi connectivity index (χ2n) is 3.69. The van der Waals surface area contributed by atoms with Gasteiger partial charge in [0.15, 0.2) is 5.16 Å². The Morgan fingerprint density at radius 3 is 2.79 bits per heavy atom. The number of carboxylic acids is 1. The first-order valence-corrected chi connectivity index (χ1v) is 8.15. The minimum absolute atomic E-state index is 0.139. The highest BCUT2D eigenvalue weighted by Crippen LogP contribution is 2.18. The van der Waals surface area contributed by atoms with Crippen molar-refractivity contribution < 1.29 is 18.3 Å². The average molecular weight is 309 g/mol. The fraction of sp³-hybridized carbons (Fsp3) is 0.625. The molecular weight excluding hydrogens is 294 g/mol. The van der Waals surface area contributed by atoms with E-state index < -0.39 is 16.0 Å². The van der Waals surface area contributed by atoms with Crippen LogP contribution in [0.3, 0.4) is 0 Å². The van der Waals surface area contributed by atoms with Gasteiger partial charge in [-0.05, 0) is 6.42 Å². The van der Waals surface area contributed by atoms with Crippen LogP contribution >= 0.6 is 11.8 Å². The maximum absolute atomic E-state index is 10.9. The first kappa shape index (κ1) is 15.7. The van der Waals surface area contributed by atoms with Gasteiger partial charge < -0.3 is 10.8 Å². The van der Waals surface area contributed by atoms with Crippen molar-refractivity contribution in [2.24, 2.45) is 0 Å². The van der Waals surface area contributed by atoms with E-state index in [1.54, 1.807) is 4.57 Å². The summed E-state index contributed by atoms with van der Waals surface area (Å²) in [6.07, 6.45) is 1.57. The summed E-state index contributed by atoms with van der Waals surface area (Å²) < 4.78 is 25.6. The van der Waals surface area contributed by atoms with Gasteiger partial charge in [-0.1, -0.05) is 11.8 Å². The van der Waals surface area contributed by atoms with Gasteiger partial charge in [0.1, 0.15) is 0 Å². The zero-order chi connectivity index (χ0) is 14.5. The summed E-state index contributed by atoms with van der Waals surface area (Å²) in [5.41, 5.74) is 5.61. The van der Waals surface area contributed by atoms with Crippen molar-refractivity contribution in [3.8, 4) is 0 Å². The zero-order valence-electron chi connectivity index (χ0n) is 10.2. The molecule has 0 unspecified atom stereocenters. The van der Waals surface area contributed by atoms with Crippen LogP contribution in [0.1, 0.15) is 6.42 Å². The van der Waals surface area contributed by atoms with Crippen LogP contribution in [0, 0.1) is 0 Å². The summed E-state index contributed by atoms with van der Waals surface area (Å²) >= 11 is 1.01. The standard InChI is InChI=1S/C8H15N5O4S2/c1-19(16,17)10-3-2-4-13-7(9)11-12-8(13)18-5-6(14)15/h10H,2-5H2,1H3,(H2,9,11)(H,14,15). The van der Waals surface area contributed by atoms with Crippen LogP contribution in [0.5, 0.6) is 0 Å². The van der Waals surface area contributed by atoms with Crippen molar-refractivity contribution in [1.82, 2.24) is 19.5 Å². The fourth-order valence-electron chi connectivity index (χ4n) is 1.24. The van der Waals surface area contributed by atoms with Crippen molar-refractivity contribution in [1.29, 1.82) is 0 Å². The third kappa shape index (κ3) is 5.89. The molecule has 1 rings (SSSR count). The number of carboxylic acid groups (broad SMARTS) is 1. The van der Waals surface area contributed by atoms with Gasteiger partial charge in [-0.2, -0.15) is 0 Å². The molecule has 0 amide bonds. The molecule has 0 spiro atoms. The Bertz CT molecular complexity index is 541. The molecule has 0 bridgehead atoms. The number of aromatic nitrogens is 3. The topological polar surface area (TPSA) is 140 Å². The highest BCUT2D eigenvalue weighted by atomic mass is 32.2. The molecule has 0 aliphatic rings. The predicted octanol–water partition coefficient (Wildman–Crippen LogP) is -1.02. The molecule has 0 aliphatic heterocycles. The first-order chi connectivity index (χ1) is 8.79. The van der Waals surface area contributed by atoms with Gasteiger partial charge in [0, 0.05) is 13.1 Å². The molecule has 0 fully saturated rings. The van der Waals surface area contributed by atoms with Gasteiger partial charge in [-0.15, -0.1) is 10.2 Å². The Morgan fingerprint density at radius 2 is 2.21 bits per heavy atom. The lowest BCUT2D eigenvalue weighted by molar-refractivity contribution is -0.133. The van der Waals surface area contributed by atoms with Crippen LogP contribution in [0.2, 0.25) is 0 Å². The van der Waals surface area contributed by atoms with Gasteiger partial charge >= 0.3 is 5.97 Å². The number of rotatable bonds is 8. The van der Waals surface area contributed by atoms with Crippen molar-refractivity contribution in [2.45, 2.75) is 18.1 Å². The third-order valence-corrected chi connectivity index (χ3v) is 3.67. The molecule has 1 aromatic heterocycles. The normalized spacial score (nSPS) is 11.6. The third-order valence-electron chi connectivity index (χ3n) is 1.99. The van der Waals surface area contributed by atoms with Crippen molar-refractivity contribution >= 4 is 33.7 Å². The predicted molar refractivity (Wildman–Crippen MR) is 70.3 cm³/mol. The van der Waals surface area contributed by atoms with E-state index in [1.165, 1.54) is 0 Å². The molecule has 0 radical (unpaired) electrons. The minimum Gasteiger partial charge on any atom is -0.481 e. The lowest BCUT2D eigenvalue weighted by atomic mass is 10.4. The summed E-state index contributed by atoms with van der Waals surface area (Å²) in [4.78, 5) is 10.5. The maximum atomic E-state index is 10.9. The van der Waals surface area contributed by atoms with Gasteiger partial charge in [0.2, 0.25) is 16.0 Å². The minimum atomic E-state index is -3.21. The number of nitrogen functional groups attached to an aromatic ring is 1. The maximum Gasteiger partial charge on any atom is 0.313 e. The summed E-state index contributed by atoms with van der Waals surface area (Å²) in [6.45, 7) is 0.669. The molecule has 1 heterocycles. The Morgan fingerprint density at radius 1 is 1.53 bits per heavy atom. The van der Waals surface area contributed by atoms with E-state index in [-0.39, 0.29) is 18.2 Å². The van der Waals surface area contributed by atoms with Gasteiger partial charge in [-0.25, -0.2) is 13.1 Å². The number of nitrogens with one attached hydrogen (secondary N) is 1. The molecule has 108 valence electrons. The first-order valence-electron chi connectivity index (χ1n) is 5.27. The Balaban J connectivity index is 2.52. The number of hydrogen-bond donors (Lipinski definition) is 3. The Kier molecular flexibility index (Phi) is 5.57. The van der Waals surface area contributed by atoms with E-state index in [2.05, 4.69) is 14.9 Å². The molecule has 11 heteroatoms. The summed E-state index contributed by atoms with van der Waals surface area (Å²) in [5.74, 6) is -0.927. The molecule has 19 heavy (non-hydrogen) atoms. The number of thioether (sulfide) groups is 1. The van der Waals surface area contributed by atoms with E-state index in [0.29, 0.717) is 18.1 Å². The quantitative estimate of drug-likeness (QED) is 0.409. The molecule has 0 aliphatic carbocycles. The van der Waals surface area contributed by atoms with Crippen LogP contribution in [0.15, 0.2) is 5.16 Å². The Labute approximate surface area is 114 Å². The molecule has 1 aromatic rings. The smallest absolute Gasteiger partial charge is 0.313 e. The summed E-state index contributed by atoms with van der Waals surface area (Å²) in [5, 5.41) is 16.4. The number of sulfonamides is 1. The van der Waals surface area contributed by atoms with Crippen LogP contribution in [-0.2, 0) is 21.4 Å². The zero-order valence-corrected chi connectivity index (χ0v) is 11.9. The highest BCUT2D eigenvalue weighted by Gasteiger charge is 2.11. The van der Waals surface area contributed by atoms with Gasteiger partial charge in [0.05, 0.1) is 12.0 Å². The number of hydrogen-bond acceptors (Lipinski definition) is 7. The Hall–Kier alpha value is -1.33. The largest absolute Gasteiger partial charge is 0.481 e. The van der Waals surface area contributed by atoms with E-state index >= 15 is 0 Å². The van der Waals surface area contributed by atoms with Crippen LogP contribution < -0.4 is 10.5 Å². The second kappa shape index (κ2) is 6.73. The van der Waals surface area contributed by atoms with E-state index in [1.807, 2.05) is 0 Å². The number of carbonyl (C=O) groups is 1. The number of aliphatic carboxylic acids is 1. The van der Waals surface area contributed by atoms with Crippen molar-refractivity contribution in [3.05, 3.63) is 0 Å². The molecule has 0 saturated carbocycles. The SMILES string of the molecule is CS(=O)(=O)NCCCn1c(N)nnc1SCC(=O)O. The van der Waals surface area contributed by atoms with E-state index in [0.717, 1.165) is 18.0 Å². The molecular formula is C8H15N5O4S2. The van der Waals surface area contributed by atoms with E-state index in [9.17, 15) is 13.2 Å². The van der Waals surface area contributed by atoms with Crippen LogP contribution in [0.4, 0.5) is 5.95 Å². The van der Waals surface area contributed by atoms with E-state index in [4.69, 9.17) is 10.8 Å². The average Bonchev–Trinajstić information content (AvgIpc) is 2.62. The molecule has 9 nitrogen and oxygen atoms in total. The molecule has 4 N–H and O–H groups in total. The van der Waals surface area contributed by atoms with Gasteiger partial charge in [0.25, 0.3) is 0 Å². The lowest BCUT2D eigenvalue weighted by Gasteiger charge is -2.07.